The Bertz CT molecular complexity index is 971. The molecule has 1 fully saturated rings. The van der Waals surface area contributed by atoms with Gasteiger partial charge in [-0.3, -0.25) is 9.39 Å². The van der Waals surface area contributed by atoms with E-state index in [1.165, 1.54) is 5.56 Å². The number of rotatable bonds is 6. The molecule has 8 heteroatoms. The topological polar surface area (TPSA) is 67.0 Å². The van der Waals surface area contributed by atoms with Gasteiger partial charge in [0.1, 0.15) is 11.6 Å². The summed E-state index contributed by atoms with van der Waals surface area (Å²) in [6.45, 7) is 2.87. The number of pyridine rings is 1. The first-order valence-corrected chi connectivity index (χ1v) is 10.2. The van der Waals surface area contributed by atoms with Gasteiger partial charge in [-0.25, -0.2) is 0 Å². The summed E-state index contributed by atoms with van der Waals surface area (Å²) < 4.78 is 7.31. The van der Waals surface area contributed by atoms with Crippen molar-refractivity contribution in [1.29, 1.82) is 0 Å². The molecule has 2 aromatic heterocycles. The van der Waals surface area contributed by atoms with E-state index in [0.717, 1.165) is 62.1 Å². The van der Waals surface area contributed by atoms with E-state index in [1.807, 2.05) is 43.6 Å². The number of aromatic nitrogens is 3. The standard InChI is InChI=1S/C22H28N6O.HI/c1-23-22(24-13-5-7-21-26-25-20-6-3-4-14-28(20)21)27-15-12-18(16-27)17-8-10-19(29-2)11-9-17;/h3-4,6,8-11,14,18H,5,7,12-13,15-16H2,1-2H3,(H,23,24);1H. The van der Waals surface area contributed by atoms with Gasteiger partial charge in [-0.1, -0.05) is 18.2 Å². The quantitative estimate of drug-likeness (QED) is 0.234. The second-order valence-electron chi connectivity index (χ2n) is 7.33. The molecule has 30 heavy (non-hydrogen) atoms. The van der Waals surface area contributed by atoms with Gasteiger partial charge in [0.25, 0.3) is 0 Å². The highest BCUT2D eigenvalue weighted by molar-refractivity contribution is 14.0. The molecule has 1 aliphatic rings. The number of nitrogens with zero attached hydrogens (tertiary/aromatic N) is 5. The maximum atomic E-state index is 5.26. The lowest BCUT2D eigenvalue weighted by molar-refractivity contribution is 0.414. The second kappa shape index (κ2) is 10.6. The van der Waals surface area contributed by atoms with Crippen molar-refractivity contribution in [3.63, 3.8) is 0 Å². The zero-order valence-electron chi connectivity index (χ0n) is 17.5. The normalized spacial score (nSPS) is 16.5. The number of methoxy groups -OCH3 is 1. The van der Waals surface area contributed by atoms with E-state index in [2.05, 4.69) is 41.9 Å². The van der Waals surface area contributed by atoms with E-state index < -0.39 is 0 Å². The van der Waals surface area contributed by atoms with E-state index >= 15 is 0 Å². The molecule has 3 heterocycles. The van der Waals surface area contributed by atoms with Crippen molar-refractivity contribution >= 4 is 35.6 Å². The van der Waals surface area contributed by atoms with Crippen LogP contribution >= 0.6 is 24.0 Å². The van der Waals surface area contributed by atoms with E-state index in [0.29, 0.717) is 5.92 Å². The maximum Gasteiger partial charge on any atom is 0.193 e. The predicted molar refractivity (Wildman–Crippen MR) is 130 cm³/mol. The maximum absolute atomic E-state index is 5.26. The Hall–Kier alpha value is -2.36. The summed E-state index contributed by atoms with van der Waals surface area (Å²) in [6.07, 6.45) is 5.01. The summed E-state index contributed by atoms with van der Waals surface area (Å²) in [5, 5.41) is 12.0. The van der Waals surface area contributed by atoms with E-state index in [-0.39, 0.29) is 24.0 Å². The number of ether oxygens (including phenoxy) is 1. The molecule has 1 unspecified atom stereocenters. The Morgan fingerprint density at radius 3 is 2.80 bits per heavy atom. The number of hydrogen-bond donors (Lipinski definition) is 1. The zero-order chi connectivity index (χ0) is 20.1. The van der Waals surface area contributed by atoms with Crippen LogP contribution in [0.25, 0.3) is 5.65 Å². The van der Waals surface area contributed by atoms with Gasteiger partial charge in [0.05, 0.1) is 7.11 Å². The Labute approximate surface area is 194 Å². The average molecular weight is 520 g/mol. The van der Waals surface area contributed by atoms with Crippen molar-refractivity contribution in [1.82, 2.24) is 24.8 Å². The van der Waals surface area contributed by atoms with Gasteiger partial charge in [0.2, 0.25) is 0 Å². The third kappa shape index (κ3) is 5.03. The molecule has 1 aromatic carbocycles. The second-order valence-corrected chi connectivity index (χ2v) is 7.33. The van der Waals surface area contributed by atoms with Crippen LogP contribution in [-0.2, 0) is 6.42 Å². The molecular formula is C22H29IN6O. The molecule has 0 radical (unpaired) electrons. The molecule has 160 valence electrons. The van der Waals surface area contributed by atoms with Crippen LogP contribution < -0.4 is 10.1 Å². The highest BCUT2D eigenvalue weighted by atomic mass is 127. The molecule has 0 aliphatic carbocycles. The molecule has 0 amide bonds. The average Bonchev–Trinajstić information content (AvgIpc) is 3.42. The molecular weight excluding hydrogens is 491 g/mol. The minimum atomic E-state index is 0. The fraction of sp³-hybridized carbons (Fsp3) is 0.409. The number of aliphatic imine (C=N–C) groups is 1. The summed E-state index contributed by atoms with van der Waals surface area (Å²) in [7, 11) is 3.56. The van der Waals surface area contributed by atoms with Crippen LogP contribution in [-0.4, -0.2) is 59.2 Å². The highest BCUT2D eigenvalue weighted by Crippen LogP contribution is 2.28. The Morgan fingerprint density at radius 2 is 2.03 bits per heavy atom. The van der Waals surface area contributed by atoms with E-state index in [9.17, 15) is 0 Å². The predicted octanol–water partition coefficient (Wildman–Crippen LogP) is 3.35. The number of benzene rings is 1. The minimum Gasteiger partial charge on any atom is -0.497 e. The Balaban J connectivity index is 0.00000256. The SMILES string of the molecule is CN=C(NCCCc1nnc2ccccn12)N1CCC(c2ccc(OC)cc2)C1.I. The molecule has 0 spiro atoms. The third-order valence-electron chi connectivity index (χ3n) is 5.53. The summed E-state index contributed by atoms with van der Waals surface area (Å²) in [6, 6.07) is 14.4. The highest BCUT2D eigenvalue weighted by Gasteiger charge is 2.25. The first-order chi connectivity index (χ1) is 14.3. The summed E-state index contributed by atoms with van der Waals surface area (Å²) >= 11 is 0. The van der Waals surface area contributed by atoms with Crippen LogP contribution in [0.5, 0.6) is 5.75 Å². The fourth-order valence-electron chi connectivity index (χ4n) is 3.94. The van der Waals surface area contributed by atoms with Gasteiger partial charge in [-0.2, -0.15) is 0 Å². The van der Waals surface area contributed by atoms with Crippen LogP contribution in [0.1, 0.15) is 30.1 Å². The number of fused-ring (bicyclic) bond motifs is 1. The van der Waals surface area contributed by atoms with Gasteiger partial charge >= 0.3 is 0 Å². The van der Waals surface area contributed by atoms with Crippen molar-refractivity contribution in [3.8, 4) is 5.75 Å². The molecule has 0 saturated carbocycles. The van der Waals surface area contributed by atoms with Crippen molar-refractivity contribution in [2.24, 2.45) is 4.99 Å². The van der Waals surface area contributed by atoms with Crippen LogP contribution in [0.2, 0.25) is 0 Å². The van der Waals surface area contributed by atoms with Crippen LogP contribution in [0.15, 0.2) is 53.7 Å². The van der Waals surface area contributed by atoms with Crippen molar-refractivity contribution in [2.45, 2.75) is 25.2 Å². The largest absolute Gasteiger partial charge is 0.497 e. The minimum absolute atomic E-state index is 0. The lowest BCUT2D eigenvalue weighted by Gasteiger charge is -2.21. The summed E-state index contributed by atoms with van der Waals surface area (Å²) in [5.41, 5.74) is 2.26. The number of likely N-dealkylation sites (tertiary alicyclic amines) is 1. The van der Waals surface area contributed by atoms with Crippen LogP contribution in [0.3, 0.4) is 0 Å². The summed E-state index contributed by atoms with van der Waals surface area (Å²) in [4.78, 5) is 6.84. The monoisotopic (exact) mass is 520 g/mol. The molecule has 4 rings (SSSR count). The van der Waals surface area contributed by atoms with Gasteiger partial charge < -0.3 is 15.0 Å². The van der Waals surface area contributed by atoms with Crippen LogP contribution in [0.4, 0.5) is 0 Å². The summed E-state index contributed by atoms with van der Waals surface area (Å²) in [5.74, 6) is 3.41. The zero-order valence-corrected chi connectivity index (χ0v) is 19.8. The van der Waals surface area contributed by atoms with Crippen LogP contribution in [0, 0.1) is 0 Å². The van der Waals surface area contributed by atoms with Crippen molar-refractivity contribution in [3.05, 3.63) is 60.0 Å². The Morgan fingerprint density at radius 1 is 1.20 bits per heavy atom. The van der Waals surface area contributed by atoms with Gasteiger partial charge in [0, 0.05) is 45.2 Å². The third-order valence-corrected chi connectivity index (χ3v) is 5.53. The Kier molecular flexibility index (Phi) is 7.89. The molecule has 0 bridgehead atoms. The van der Waals surface area contributed by atoms with E-state index in [1.54, 1.807) is 7.11 Å². The van der Waals surface area contributed by atoms with Crippen molar-refractivity contribution < 1.29 is 4.74 Å². The fourth-order valence-corrected chi connectivity index (χ4v) is 3.94. The van der Waals surface area contributed by atoms with Gasteiger partial charge in [-0.05, 0) is 42.7 Å². The lowest BCUT2D eigenvalue weighted by Crippen LogP contribution is -2.40. The number of hydrogen-bond acceptors (Lipinski definition) is 4. The molecule has 1 saturated heterocycles. The first kappa shape index (κ1) is 22.3. The van der Waals surface area contributed by atoms with Gasteiger partial charge in [0.15, 0.2) is 11.6 Å². The lowest BCUT2D eigenvalue weighted by atomic mass is 9.98. The number of halogens is 1. The molecule has 3 aromatic rings. The number of guanidine groups is 1. The first-order valence-electron chi connectivity index (χ1n) is 10.2. The smallest absolute Gasteiger partial charge is 0.193 e. The van der Waals surface area contributed by atoms with Crippen molar-refractivity contribution in [2.75, 3.05) is 33.8 Å². The molecule has 7 nitrogen and oxygen atoms in total. The number of nitrogens with one attached hydrogen (secondary N) is 1. The molecule has 1 N–H and O–H groups in total. The molecule has 1 atom stereocenters. The van der Waals surface area contributed by atoms with E-state index in [4.69, 9.17) is 4.74 Å². The van der Waals surface area contributed by atoms with Gasteiger partial charge in [-0.15, -0.1) is 34.2 Å². The molecule has 1 aliphatic heterocycles. The number of aryl methyl sites for hydroxylation is 1.